The molecule has 0 aliphatic carbocycles. The largest absolute Gasteiger partial charge is 0.439 e. The highest BCUT2D eigenvalue weighted by Crippen LogP contribution is 2.42. The topological polar surface area (TPSA) is 121 Å². The van der Waals surface area contributed by atoms with Crippen molar-refractivity contribution < 1.29 is 30.7 Å². The van der Waals surface area contributed by atoms with Crippen LogP contribution in [0, 0.1) is 13.8 Å². The fraction of sp³-hybridized carbons (Fsp3) is 0.290. The van der Waals surface area contributed by atoms with E-state index in [1.165, 1.54) is 0 Å². The van der Waals surface area contributed by atoms with Crippen LogP contribution in [0.2, 0.25) is 0 Å². The summed E-state index contributed by atoms with van der Waals surface area (Å²) in [7, 11) is -8.28. The molecular weight excluding hydrogens is 595 g/mol. The zero-order valence-electron chi connectivity index (χ0n) is 23.6. The molecule has 4 aromatic rings. The number of nitrogens with zero attached hydrogens (tertiary/aromatic N) is 1. The molecule has 0 radical (unpaired) electrons. The standard InChI is InChI=1S/C31H33NO7S3/c1-4-22(19-30-32(13-15-42(36,37)38)26-16-20(2)21(3)17-27(26)39-30)18-29-25(10-7-14-41(33,34)35)31-24-9-6-5-8-23(24)11-12-28(31)40-29/h5-6,8-9,11-12,16-19H,4,7,10,13-15H2,1-3H3,(H,33,34,35)(H,36,37,38)/b22-18?,30-19-. The van der Waals surface area contributed by atoms with Gasteiger partial charge in [0, 0.05) is 27.6 Å². The van der Waals surface area contributed by atoms with Crippen LogP contribution in [0.5, 0.6) is 5.75 Å². The van der Waals surface area contributed by atoms with Crippen LogP contribution in [0.1, 0.15) is 41.3 Å². The van der Waals surface area contributed by atoms with Gasteiger partial charge in [0.05, 0.1) is 17.2 Å². The molecule has 42 heavy (non-hydrogen) atoms. The van der Waals surface area contributed by atoms with Crippen molar-refractivity contribution in [3.8, 4) is 5.75 Å². The van der Waals surface area contributed by atoms with Crippen LogP contribution in [0.25, 0.3) is 26.9 Å². The molecule has 1 aliphatic heterocycles. The van der Waals surface area contributed by atoms with Crippen molar-refractivity contribution in [2.75, 3.05) is 23.0 Å². The molecule has 222 valence electrons. The van der Waals surface area contributed by atoms with Gasteiger partial charge in [-0.05, 0) is 90.4 Å². The third-order valence-corrected chi connectivity index (χ3v) is 10.1. The van der Waals surface area contributed by atoms with Crippen molar-refractivity contribution in [3.63, 3.8) is 0 Å². The van der Waals surface area contributed by atoms with E-state index in [1.54, 1.807) is 16.2 Å². The molecule has 2 N–H and O–H groups in total. The van der Waals surface area contributed by atoms with E-state index in [2.05, 4.69) is 24.3 Å². The lowest BCUT2D eigenvalue weighted by molar-refractivity contribution is 0.437. The lowest BCUT2D eigenvalue weighted by Crippen LogP contribution is -2.27. The van der Waals surface area contributed by atoms with Crippen LogP contribution >= 0.6 is 11.3 Å². The number of rotatable bonds is 10. The first-order chi connectivity index (χ1) is 19.8. The van der Waals surface area contributed by atoms with E-state index in [0.717, 1.165) is 53.7 Å². The van der Waals surface area contributed by atoms with Crippen LogP contribution in [0.3, 0.4) is 0 Å². The summed E-state index contributed by atoms with van der Waals surface area (Å²) in [6.45, 7) is 6.00. The van der Waals surface area contributed by atoms with Crippen LogP contribution in [-0.2, 0) is 26.7 Å². The number of hydrogen-bond donors (Lipinski definition) is 2. The summed E-state index contributed by atoms with van der Waals surface area (Å²) in [6.07, 6.45) is 5.34. The Morgan fingerprint density at radius 1 is 0.976 bits per heavy atom. The Hall–Kier alpha value is -3.22. The molecule has 0 fully saturated rings. The fourth-order valence-corrected chi connectivity index (χ4v) is 7.39. The molecule has 0 saturated carbocycles. The van der Waals surface area contributed by atoms with Gasteiger partial charge >= 0.3 is 0 Å². The molecule has 2 heterocycles. The van der Waals surface area contributed by atoms with E-state index in [1.807, 2.05) is 57.2 Å². The summed E-state index contributed by atoms with van der Waals surface area (Å²) in [5.74, 6) is 0.309. The number of thiophene rings is 1. The monoisotopic (exact) mass is 627 g/mol. The van der Waals surface area contributed by atoms with Gasteiger partial charge in [-0.25, -0.2) is 0 Å². The molecule has 0 saturated heterocycles. The van der Waals surface area contributed by atoms with Gasteiger partial charge in [-0.15, -0.1) is 11.3 Å². The molecule has 0 unspecified atom stereocenters. The van der Waals surface area contributed by atoms with Gasteiger partial charge < -0.3 is 9.64 Å². The van der Waals surface area contributed by atoms with Crippen molar-refractivity contribution in [1.82, 2.24) is 0 Å². The minimum atomic E-state index is -4.19. The first-order valence-electron chi connectivity index (χ1n) is 13.7. The van der Waals surface area contributed by atoms with Gasteiger partial charge in [0.25, 0.3) is 20.2 Å². The van der Waals surface area contributed by atoms with E-state index < -0.39 is 26.0 Å². The van der Waals surface area contributed by atoms with Gasteiger partial charge in [0.15, 0.2) is 5.75 Å². The Morgan fingerprint density at radius 2 is 1.69 bits per heavy atom. The SMILES string of the molecule is CCC(=Cc1sc2ccc3ccccc3c2c1CCCS(=O)(=O)O)/C=C1\Oc2cc(C)c(C)cc2N1CCS(=O)(=O)O. The maximum Gasteiger partial charge on any atom is 0.266 e. The van der Waals surface area contributed by atoms with Crippen LogP contribution < -0.4 is 9.64 Å². The third-order valence-electron chi connectivity index (χ3n) is 7.49. The molecule has 1 aliphatic rings. The highest BCUT2D eigenvalue weighted by molar-refractivity contribution is 7.86. The van der Waals surface area contributed by atoms with Crippen molar-refractivity contribution in [2.45, 2.75) is 40.0 Å². The lowest BCUT2D eigenvalue weighted by atomic mass is 9.99. The predicted octanol–water partition coefficient (Wildman–Crippen LogP) is 6.91. The molecule has 0 atom stereocenters. The summed E-state index contributed by atoms with van der Waals surface area (Å²) in [6, 6.07) is 16.1. The van der Waals surface area contributed by atoms with Crippen LogP contribution in [0.15, 0.2) is 66.1 Å². The maximum absolute atomic E-state index is 11.6. The molecule has 0 amide bonds. The number of hydrogen-bond acceptors (Lipinski definition) is 7. The molecule has 1 aromatic heterocycles. The predicted molar refractivity (Wildman–Crippen MR) is 171 cm³/mol. The Labute approximate surface area is 250 Å². The normalized spacial score (nSPS) is 15.1. The average Bonchev–Trinajstić information content (AvgIpc) is 3.43. The molecule has 8 nitrogen and oxygen atoms in total. The Kier molecular flexibility index (Phi) is 8.51. The first kappa shape index (κ1) is 30.2. The molecule has 5 rings (SSSR count). The highest BCUT2D eigenvalue weighted by atomic mass is 32.2. The van der Waals surface area contributed by atoms with Gasteiger partial charge in [-0.1, -0.05) is 37.3 Å². The Balaban J connectivity index is 1.60. The minimum absolute atomic E-state index is 0.0208. The van der Waals surface area contributed by atoms with Gasteiger partial charge in [-0.2, -0.15) is 16.8 Å². The highest BCUT2D eigenvalue weighted by Gasteiger charge is 2.28. The number of aryl methyl sites for hydroxylation is 3. The Morgan fingerprint density at radius 3 is 2.40 bits per heavy atom. The van der Waals surface area contributed by atoms with Crippen molar-refractivity contribution in [1.29, 1.82) is 0 Å². The fourth-order valence-electron chi connectivity index (χ4n) is 5.22. The zero-order valence-corrected chi connectivity index (χ0v) is 26.1. The van der Waals surface area contributed by atoms with Crippen molar-refractivity contribution in [3.05, 3.63) is 87.6 Å². The molecular formula is C31H33NO7S3. The number of anilines is 1. The lowest BCUT2D eigenvalue weighted by Gasteiger charge is -2.18. The molecule has 0 bridgehead atoms. The number of benzene rings is 3. The van der Waals surface area contributed by atoms with E-state index in [9.17, 15) is 25.9 Å². The smallest absolute Gasteiger partial charge is 0.266 e. The van der Waals surface area contributed by atoms with Gasteiger partial charge in [-0.3, -0.25) is 9.11 Å². The molecule has 11 heteroatoms. The van der Waals surface area contributed by atoms with E-state index >= 15 is 0 Å². The number of fused-ring (bicyclic) bond motifs is 4. The second-order valence-corrected chi connectivity index (χ2v) is 14.7. The van der Waals surface area contributed by atoms with Crippen LogP contribution in [-0.4, -0.2) is 44.0 Å². The van der Waals surface area contributed by atoms with Crippen LogP contribution in [0.4, 0.5) is 5.69 Å². The average molecular weight is 628 g/mol. The van der Waals surface area contributed by atoms with Crippen molar-refractivity contribution in [2.24, 2.45) is 0 Å². The number of ether oxygens (including phenoxy) is 1. The molecule has 3 aromatic carbocycles. The Bertz CT molecular complexity index is 1960. The molecule has 0 spiro atoms. The summed E-state index contributed by atoms with van der Waals surface area (Å²) in [5.41, 5.74) is 4.76. The van der Waals surface area contributed by atoms with Gasteiger partial charge in [0.1, 0.15) is 0 Å². The second kappa shape index (κ2) is 11.8. The first-order valence-corrected chi connectivity index (χ1v) is 17.7. The van der Waals surface area contributed by atoms with Crippen molar-refractivity contribution >= 4 is 64.2 Å². The van der Waals surface area contributed by atoms with E-state index in [-0.39, 0.29) is 18.7 Å². The third kappa shape index (κ3) is 6.71. The quantitative estimate of drug-likeness (QED) is 0.182. The van der Waals surface area contributed by atoms with E-state index in [0.29, 0.717) is 24.5 Å². The minimum Gasteiger partial charge on any atom is -0.439 e. The zero-order chi connectivity index (χ0) is 30.2. The summed E-state index contributed by atoms with van der Waals surface area (Å²) in [5, 5.41) is 3.25. The van der Waals surface area contributed by atoms with Gasteiger partial charge in [0.2, 0.25) is 5.88 Å². The number of allylic oxidation sites excluding steroid dienone is 2. The summed E-state index contributed by atoms with van der Waals surface area (Å²) in [4.78, 5) is 2.75. The summed E-state index contributed by atoms with van der Waals surface area (Å²) >= 11 is 1.62. The maximum atomic E-state index is 11.6. The second-order valence-electron chi connectivity index (χ2n) is 10.5. The van der Waals surface area contributed by atoms with E-state index in [4.69, 9.17) is 4.74 Å². The summed E-state index contributed by atoms with van der Waals surface area (Å²) < 4.78 is 72.3.